The van der Waals surface area contributed by atoms with Crippen molar-refractivity contribution in [1.82, 2.24) is 0 Å². The third-order valence-electron chi connectivity index (χ3n) is 5.76. The lowest BCUT2D eigenvalue weighted by Crippen LogP contribution is -1.99. The minimum Gasteiger partial charge on any atom is -0.495 e. The summed E-state index contributed by atoms with van der Waals surface area (Å²) in [6.07, 6.45) is 0. The van der Waals surface area contributed by atoms with Crippen LogP contribution in [-0.2, 0) is 0 Å². The lowest BCUT2D eigenvalue weighted by molar-refractivity contribution is 0.417. The minimum atomic E-state index is 0.681. The van der Waals surface area contributed by atoms with Crippen LogP contribution in [0.4, 0.5) is 17.1 Å². The van der Waals surface area contributed by atoms with Gasteiger partial charge in [-0.05, 0) is 88.1 Å². The molecule has 0 saturated heterocycles. The Morgan fingerprint density at radius 3 is 1.51 bits per heavy atom. The standard InChI is InChI=1S/C16H19NO.C9H11Br.C7H9NO/c1-11-9-12(2)16(13(3)10-11)17-14-7-5-6-8-15(14)18-4;1-6-4-7(2)9(10)8(3)5-6;1-9-7-5-3-2-4-6(7)8/h5-10,17H,1-4H3;4-5H,1-3H3;2-5H,8H2,1H3. The van der Waals surface area contributed by atoms with E-state index in [2.05, 4.69) is 87.1 Å². The summed E-state index contributed by atoms with van der Waals surface area (Å²) in [7, 11) is 3.29. The van der Waals surface area contributed by atoms with Crippen LogP contribution in [0.5, 0.6) is 11.5 Å². The SMILES string of the molecule is COc1ccccc1N.COc1ccccc1Nc1c(C)cc(C)cc1C.Cc1cc(C)c(Br)c(C)c1. The van der Waals surface area contributed by atoms with Gasteiger partial charge in [0.25, 0.3) is 0 Å². The maximum absolute atomic E-state index is 5.51. The Hall–Kier alpha value is -3.44. The molecule has 0 spiro atoms. The van der Waals surface area contributed by atoms with Crippen LogP contribution >= 0.6 is 15.9 Å². The molecule has 0 amide bonds. The predicted molar refractivity (Wildman–Crippen MR) is 163 cm³/mol. The molecule has 0 aliphatic carbocycles. The average Bonchev–Trinajstić information content (AvgIpc) is 2.86. The highest BCUT2D eigenvalue weighted by atomic mass is 79.9. The number of aryl methyl sites for hydroxylation is 6. The topological polar surface area (TPSA) is 56.5 Å². The molecule has 0 radical (unpaired) electrons. The normalized spacial score (nSPS) is 9.86. The molecule has 4 aromatic rings. The number of hydrogen-bond acceptors (Lipinski definition) is 4. The first-order valence-corrected chi connectivity index (χ1v) is 13.0. The van der Waals surface area contributed by atoms with Gasteiger partial charge < -0.3 is 20.5 Å². The summed E-state index contributed by atoms with van der Waals surface area (Å²) in [6.45, 7) is 12.7. The molecule has 4 rings (SSSR count). The largest absolute Gasteiger partial charge is 0.495 e. The highest BCUT2D eigenvalue weighted by Gasteiger charge is 2.07. The summed E-state index contributed by atoms with van der Waals surface area (Å²) >= 11 is 3.51. The van der Waals surface area contributed by atoms with Gasteiger partial charge in [-0.2, -0.15) is 0 Å². The number of halogens is 1. The zero-order chi connectivity index (χ0) is 27.5. The Bertz CT molecular complexity index is 1270. The first kappa shape index (κ1) is 29.8. The van der Waals surface area contributed by atoms with E-state index >= 15 is 0 Å². The molecule has 0 aliphatic rings. The van der Waals surface area contributed by atoms with Gasteiger partial charge in [-0.25, -0.2) is 0 Å². The molecular weight excluding hydrogens is 524 g/mol. The van der Waals surface area contributed by atoms with E-state index < -0.39 is 0 Å². The van der Waals surface area contributed by atoms with E-state index in [1.807, 2.05) is 42.5 Å². The molecule has 0 bridgehead atoms. The van der Waals surface area contributed by atoms with Crippen molar-refractivity contribution in [2.24, 2.45) is 0 Å². The van der Waals surface area contributed by atoms with Crippen LogP contribution in [0.15, 0.2) is 77.3 Å². The average molecular weight is 564 g/mol. The molecular formula is C32H39BrN2O2. The quantitative estimate of drug-likeness (QED) is 0.243. The Labute approximate surface area is 231 Å². The van der Waals surface area contributed by atoms with Gasteiger partial charge >= 0.3 is 0 Å². The molecule has 0 aliphatic heterocycles. The molecule has 0 unspecified atom stereocenters. The molecule has 5 heteroatoms. The van der Waals surface area contributed by atoms with Crippen molar-refractivity contribution in [2.45, 2.75) is 41.5 Å². The van der Waals surface area contributed by atoms with Crippen LogP contribution in [0.2, 0.25) is 0 Å². The van der Waals surface area contributed by atoms with Gasteiger partial charge in [0, 0.05) is 10.2 Å². The van der Waals surface area contributed by atoms with Crippen molar-refractivity contribution in [3.05, 3.63) is 111 Å². The van der Waals surface area contributed by atoms with Gasteiger partial charge in [-0.3, -0.25) is 0 Å². The van der Waals surface area contributed by atoms with Crippen LogP contribution in [0, 0.1) is 41.5 Å². The number of hydrogen-bond donors (Lipinski definition) is 2. The number of nitrogen functional groups attached to an aromatic ring is 1. The zero-order valence-corrected chi connectivity index (χ0v) is 24.8. The van der Waals surface area contributed by atoms with Gasteiger partial charge in [0.1, 0.15) is 11.5 Å². The summed E-state index contributed by atoms with van der Waals surface area (Å²) in [5.74, 6) is 1.59. The fourth-order valence-electron chi connectivity index (χ4n) is 4.09. The number of methoxy groups -OCH3 is 2. The molecule has 0 saturated carbocycles. The Kier molecular flexibility index (Phi) is 11.5. The van der Waals surface area contributed by atoms with Gasteiger partial charge in [0.15, 0.2) is 0 Å². The number of para-hydroxylation sites is 4. The maximum atomic E-state index is 5.51. The second-order valence-corrected chi connectivity index (χ2v) is 9.85. The lowest BCUT2D eigenvalue weighted by atomic mass is 10.0. The third kappa shape index (κ3) is 8.87. The van der Waals surface area contributed by atoms with Crippen LogP contribution in [0.1, 0.15) is 33.4 Å². The van der Waals surface area contributed by atoms with Crippen molar-refractivity contribution in [3.8, 4) is 11.5 Å². The second kappa shape index (κ2) is 14.3. The Morgan fingerprint density at radius 1 is 0.622 bits per heavy atom. The van der Waals surface area contributed by atoms with Crippen molar-refractivity contribution in [3.63, 3.8) is 0 Å². The molecule has 3 N–H and O–H groups in total. The zero-order valence-electron chi connectivity index (χ0n) is 23.2. The number of rotatable bonds is 4. The van der Waals surface area contributed by atoms with Gasteiger partial charge in [-0.15, -0.1) is 0 Å². The second-order valence-electron chi connectivity index (χ2n) is 9.05. The van der Waals surface area contributed by atoms with E-state index in [4.69, 9.17) is 15.2 Å². The monoisotopic (exact) mass is 562 g/mol. The highest BCUT2D eigenvalue weighted by Crippen LogP contribution is 2.31. The van der Waals surface area contributed by atoms with Crippen LogP contribution < -0.4 is 20.5 Å². The highest BCUT2D eigenvalue weighted by molar-refractivity contribution is 9.10. The van der Waals surface area contributed by atoms with E-state index in [0.717, 1.165) is 22.9 Å². The van der Waals surface area contributed by atoms with Crippen LogP contribution in [0.25, 0.3) is 0 Å². The number of benzene rings is 4. The molecule has 0 atom stereocenters. The Balaban J connectivity index is 0.000000214. The van der Waals surface area contributed by atoms with Crippen molar-refractivity contribution in [1.29, 1.82) is 0 Å². The van der Waals surface area contributed by atoms with Gasteiger partial charge in [0.2, 0.25) is 0 Å². The fraction of sp³-hybridized carbons (Fsp3) is 0.250. The number of nitrogens with two attached hydrogens (primary N) is 1. The van der Waals surface area contributed by atoms with E-state index in [0.29, 0.717) is 5.69 Å². The van der Waals surface area contributed by atoms with E-state index in [1.54, 1.807) is 20.3 Å². The van der Waals surface area contributed by atoms with Crippen LogP contribution in [0.3, 0.4) is 0 Å². The summed E-state index contributed by atoms with van der Waals surface area (Å²) in [5, 5.41) is 3.46. The predicted octanol–water partition coefficient (Wildman–Crippen LogP) is 9.02. The maximum Gasteiger partial charge on any atom is 0.142 e. The van der Waals surface area contributed by atoms with E-state index in [9.17, 15) is 0 Å². The smallest absolute Gasteiger partial charge is 0.142 e. The van der Waals surface area contributed by atoms with Crippen molar-refractivity contribution < 1.29 is 9.47 Å². The number of ether oxygens (including phenoxy) is 2. The summed E-state index contributed by atoms with van der Waals surface area (Å²) < 4.78 is 11.5. The molecule has 0 aromatic heterocycles. The van der Waals surface area contributed by atoms with E-state index in [1.165, 1.54) is 37.9 Å². The molecule has 196 valence electrons. The summed E-state index contributed by atoms with van der Waals surface area (Å²) in [4.78, 5) is 0. The fourth-order valence-corrected chi connectivity index (χ4v) is 4.32. The molecule has 37 heavy (non-hydrogen) atoms. The summed E-state index contributed by atoms with van der Waals surface area (Å²) in [6, 6.07) is 24.1. The lowest BCUT2D eigenvalue weighted by Gasteiger charge is -2.16. The molecule has 0 fully saturated rings. The first-order valence-electron chi connectivity index (χ1n) is 12.2. The summed E-state index contributed by atoms with van der Waals surface area (Å²) in [5.41, 5.74) is 16.1. The molecule has 0 heterocycles. The van der Waals surface area contributed by atoms with Crippen molar-refractivity contribution >= 4 is 33.0 Å². The third-order valence-corrected chi connectivity index (χ3v) is 7.01. The van der Waals surface area contributed by atoms with Crippen molar-refractivity contribution in [2.75, 3.05) is 25.3 Å². The van der Waals surface area contributed by atoms with Gasteiger partial charge in [0.05, 0.1) is 25.6 Å². The number of anilines is 3. The molecule has 4 aromatic carbocycles. The number of nitrogens with one attached hydrogen (secondary N) is 1. The minimum absolute atomic E-state index is 0.681. The van der Waals surface area contributed by atoms with Crippen LogP contribution in [-0.4, -0.2) is 14.2 Å². The van der Waals surface area contributed by atoms with Gasteiger partial charge in [-0.1, -0.05) is 75.6 Å². The van der Waals surface area contributed by atoms with E-state index in [-0.39, 0.29) is 0 Å². The first-order chi connectivity index (χ1) is 17.6. The Morgan fingerprint density at radius 2 is 1.05 bits per heavy atom. The molecule has 4 nitrogen and oxygen atoms in total.